The van der Waals surface area contributed by atoms with Crippen LogP contribution in [0.5, 0.6) is 0 Å². The summed E-state index contributed by atoms with van der Waals surface area (Å²) in [5.41, 5.74) is 12.6. The van der Waals surface area contributed by atoms with Crippen LogP contribution >= 0.6 is 0 Å². The van der Waals surface area contributed by atoms with Gasteiger partial charge in [0.05, 0.1) is 0 Å². The minimum atomic E-state index is -0.0321. The molecular weight excluding hydrogens is 581 g/mol. The molecule has 9 aromatic rings. The lowest BCUT2D eigenvalue weighted by Crippen LogP contribution is -2.04. The first-order valence-electron chi connectivity index (χ1n) is 16.5. The smallest absolute Gasteiger partial charge is 0.143 e. The minimum Gasteiger partial charge on any atom is -0.455 e. The van der Waals surface area contributed by atoms with Crippen LogP contribution in [0.3, 0.4) is 0 Å². The molecule has 1 heteroatoms. The van der Waals surface area contributed by atoms with Crippen LogP contribution in [0.25, 0.3) is 66.1 Å². The van der Waals surface area contributed by atoms with Crippen molar-refractivity contribution in [3.8, 4) is 33.4 Å². The molecule has 0 radical (unpaired) electrons. The van der Waals surface area contributed by atoms with Crippen LogP contribution in [0.15, 0.2) is 192 Å². The Hall–Kier alpha value is -6.18. The number of fused-ring (bicyclic) bond motifs is 5. The maximum Gasteiger partial charge on any atom is 0.143 e. The third-order valence-electron chi connectivity index (χ3n) is 9.62. The largest absolute Gasteiger partial charge is 0.455 e. The summed E-state index contributed by atoms with van der Waals surface area (Å²) in [5, 5.41) is 4.73. The molecule has 0 atom stereocenters. The van der Waals surface area contributed by atoms with Gasteiger partial charge >= 0.3 is 0 Å². The summed E-state index contributed by atoms with van der Waals surface area (Å²) >= 11 is 0. The number of rotatable bonds is 6. The van der Waals surface area contributed by atoms with E-state index in [2.05, 4.69) is 188 Å². The van der Waals surface area contributed by atoms with Crippen molar-refractivity contribution in [2.45, 2.75) is 5.92 Å². The number of hydrogen-bond donors (Lipinski definition) is 0. The normalized spacial score (nSPS) is 11.5. The zero-order valence-corrected chi connectivity index (χ0v) is 26.4. The maximum atomic E-state index is 7.09. The third-order valence-corrected chi connectivity index (χ3v) is 9.62. The molecule has 0 fully saturated rings. The predicted octanol–water partition coefficient (Wildman–Crippen LogP) is 12.9. The van der Waals surface area contributed by atoms with E-state index in [1.54, 1.807) is 0 Å². The molecular formula is C47H32O. The van der Waals surface area contributed by atoms with Crippen LogP contribution in [0.1, 0.15) is 22.6 Å². The molecule has 9 rings (SSSR count). The van der Waals surface area contributed by atoms with Crippen LogP contribution in [-0.4, -0.2) is 0 Å². The van der Waals surface area contributed by atoms with E-state index in [0.717, 1.165) is 33.2 Å². The summed E-state index contributed by atoms with van der Waals surface area (Å²) in [6.07, 6.45) is 0. The first-order chi connectivity index (χ1) is 23.8. The van der Waals surface area contributed by atoms with Gasteiger partial charge in [-0.15, -0.1) is 0 Å². The fourth-order valence-electron chi connectivity index (χ4n) is 7.28. The molecule has 0 bridgehead atoms. The molecule has 1 aromatic heterocycles. The van der Waals surface area contributed by atoms with Crippen molar-refractivity contribution >= 4 is 32.7 Å². The molecule has 0 spiro atoms. The molecule has 226 valence electrons. The summed E-state index contributed by atoms with van der Waals surface area (Å²) in [5.74, 6) is -0.0321. The molecule has 1 heterocycles. The molecule has 0 saturated heterocycles. The van der Waals surface area contributed by atoms with Crippen molar-refractivity contribution in [1.29, 1.82) is 0 Å². The fourth-order valence-corrected chi connectivity index (χ4v) is 7.28. The molecule has 0 aliphatic rings. The summed E-state index contributed by atoms with van der Waals surface area (Å²) in [6, 6.07) is 67.5. The highest BCUT2D eigenvalue weighted by atomic mass is 16.3. The van der Waals surface area contributed by atoms with Crippen molar-refractivity contribution in [2.24, 2.45) is 0 Å². The fraction of sp³-hybridized carbons (Fsp3) is 0.0213. The lowest BCUT2D eigenvalue weighted by molar-refractivity contribution is 0.662. The van der Waals surface area contributed by atoms with Crippen molar-refractivity contribution < 1.29 is 4.42 Å². The van der Waals surface area contributed by atoms with Crippen LogP contribution in [0, 0.1) is 0 Å². The van der Waals surface area contributed by atoms with Crippen molar-refractivity contribution in [3.63, 3.8) is 0 Å². The highest BCUT2D eigenvalue weighted by Crippen LogP contribution is 2.45. The quantitative estimate of drug-likeness (QED) is 0.170. The summed E-state index contributed by atoms with van der Waals surface area (Å²) in [6.45, 7) is 0. The third kappa shape index (κ3) is 4.89. The molecule has 0 amide bonds. The Labute approximate surface area is 280 Å². The van der Waals surface area contributed by atoms with Crippen LogP contribution in [0.2, 0.25) is 0 Å². The first kappa shape index (κ1) is 28.1. The maximum absolute atomic E-state index is 7.09. The molecule has 0 aliphatic heterocycles. The topological polar surface area (TPSA) is 13.1 Å². The molecule has 8 aromatic carbocycles. The number of para-hydroxylation sites is 1. The zero-order chi connectivity index (χ0) is 31.9. The van der Waals surface area contributed by atoms with Gasteiger partial charge in [-0.3, -0.25) is 0 Å². The average molecular weight is 613 g/mol. The lowest BCUT2D eigenvalue weighted by Gasteiger charge is -2.20. The van der Waals surface area contributed by atoms with Crippen molar-refractivity contribution in [3.05, 3.63) is 205 Å². The van der Waals surface area contributed by atoms with Gasteiger partial charge in [0.1, 0.15) is 11.2 Å². The van der Waals surface area contributed by atoms with Crippen LogP contribution in [0.4, 0.5) is 0 Å². The Morgan fingerprint density at radius 1 is 0.354 bits per heavy atom. The highest BCUT2D eigenvalue weighted by Gasteiger charge is 2.24. The number of hydrogen-bond acceptors (Lipinski definition) is 1. The molecule has 0 aliphatic carbocycles. The summed E-state index contributed by atoms with van der Waals surface area (Å²) < 4.78 is 7.09. The Morgan fingerprint density at radius 3 is 1.42 bits per heavy atom. The Morgan fingerprint density at radius 2 is 0.833 bits per heavy atom. The predicted molar refractivity (Wildman–Crippen MR) is 201 cm³/mol. The van der Waals surface area contributed by atoms with Gasteiger partial charge in [0.25, 0.3) is 0 Å². The van der Waals surface area contributed by atoms with Gasteiger partial charge in [-0.05, 0) is 55.8 Å². The molecule has 0 N–H and O–H groups in total. The Bertz CT molecular complexity index is 2430. The Balaban J connectivity index is 1.28. The van der Waals surface area contributed by atoms with Gasteiger partial charge in [-0.1, -0.05) is 182 Å². The summed E-state index contributed by atoms with van der Waals surface area (Å²) in [4.78, 5) is 0. The van der Waals surface area contributed by atoms with E-state index in [1.165, 1.54) is 49.5 Å². The SMILES string of the molecule is c1ccc(-c2ccc(C(c3ccc(-c4ccccc4)cc3)c3cccc4c3oc3c(-c5ccccc5)cc5ccccc5c34)cc2)cc1. The minimum absolute atomic E-state index is 0.0321. The molecule has 0 unspecified atom stereocenters. The van der Waals surface area contributed by atoms with Gasteiger partial charge in [0.15, 0.2) is 0 Å². The van der Waals surface area contributed by atoms with Gasteiger partial charge < -0.3 is 4.42 Å². The van der Waals surface area contributed by atoms with Crippen LogP contribution < -0.4 is 0 Å². The van der Waals surface area contributed by atoms with E-state index in [0.29, 0.717) is 0 Å². The van der Waals surface area contributed by atoms with Crippen molar-refractivity contribution in [1.82, 2.24) is 0 Å². The molecule has 1 nitrogen and oxygen atoms in total. The van der Waals surface area contributed by atoms with Gasteiger partial charge in [-0.25, -0.2) is 0 Å². The molecule has 0 saturated carbocycles. The second-order valence-corrected chi connectivity index (χ2v) is 12.5. The lowest BCUT2D eigenvalue weighted by atomic mass is 9.83. The highest BCUT2D eigenvalue weighted by molar-refractivity contribution is 6.23. The number of furan rings is 1. The summed E-state index contributed by atoms with van der Waals surface area (Å²) in [7, 11) is 0. The number of benzene rings is 8. The van der Waals surface area contributed by atoms with E-state index in [1.807, 2.05) is 0 Å². The van der Waals surface area contributed by atoms with Crippen LogP contribution in [-0.2, 0) is 0 Å². The second kappa shape index (κ2) is 11.9. The van der Waals surface area contributed by atoms with E-state index in [-0.39, 0.29) is 5.92 Å². The first-order valence-corrected chi connectivity index (χ1v) is 16.5. The van der Waals surface area contributed by atoms with Crippen molar-refractivity contribution in [2.75, 3.05) is 0 Å². The van der Waals surface area contributed by atoms with Gasteiger partial charge in [0, 0.05) is 27.8 Å². The zero-order valence-electron chi connectivity index (χ0n) is 26.4. The Kier molecular flexibility index (Phi) is 6.95. The average Bonchev–Trinajstić information content (AvgIpc) is 3.57. The second-order valence-electron chi connectivity index (χ2n) is 12.5. The molecule has 48 heavy (non-hydrogen) atoms. The monoisotopic (exact) mass is 612 g/mol. The van der Waals surface area contributed by atoms with E-state index >= 15 is 0 Å². The van der Waals surface area contributed by atoms with Gasteiger partial charge in [0.2, 0.25) is 0 Å². The van der Waals surface area contributed by atoms with E-state index in [4.69, 9.17) is 4.42 Å². The van der Waals surface area contributed by atoms with Gasteiger partial charge in [-0.2, -0.15) is 0 Å². The van der Waals surface area contributed by atoms with E-state index in [9.17, 15) is 0 Å². The standard InChI is InChI=1S/C47H32O/c1-4-13-32(14-5-1)34-23-27-37(28-24-34)44(38-29-25-35(26-30-38)33-15-6-2-7-16-33)41-21-12-22-42-45-40-20-11-10-19-39(40)31-43(47(45)48-46(41)42)36-17-8-3-9-18-36/h1-31,44H. The van der Waals surface area contributed by atoms with E-state index < -0.39 is 0 Å².